The van der Waals surface area contributed by atoms with Gasteiger partial charge in [0.2, 0.25) is 0 Å². The second-order valence-corrected chi connectivity index (χ2v) is 13.0. The number of hydrogen-bond acceptors (Lipinski definition) is 10. The summed E-state index contributed by atoms with van der Waals surface area (Å²) in [6.07, 6.45) is -6.12. The summed E-state index contributed by atoms with van der Waals surface area (Å²) in [4.78, 5) is 52.4. The van der Waals surface area contributed by atoms with Crippen molar-refractivity contribution in [2.45, 2.75) is 91.8 Å². The minimum Gasteiger partial charge on any atom is -0.490 e. The van der Waals surface area contributed by atoms with Gasteiger partial charge in [0.1, 0.15) is 11.2 Å². The first-order chi connectivity index (χ1) is 23.4. The predicted octanol–water partition coefficient (Wildman–Crippen LogP) is 8.11. The van der Waals surface area contributed by atoms with Crippen LogP contribution < -0.4 is 19.7 Å². The molecule has 0 spiro atoms. The van der Waals surface area contributed by atoms with Gasteiger partial charge in [0.25, 0.3) is 0 Å². The number of hydrogen-bond donors (Lipinski definition) is 3. The highest BCUT2D eigenvalue weighted by Gasteiger charge is 2.38. The van der Waals surface area contributed by atoms with Gasteiger partial charge in [-0.15, -0.1) is 0 Å². The number of nitrogens with one attached hydrogen (secondary N) is 1. The van der Waals surface area contributed by atoms with Crippen molar-refractivity contribution >= 4 is 46.4 Å². The van der Waals surface area contributed by atoms with Crippen LogP contribution in [0.1, 0.15) is 73.9 Å². The molecule has 0 fully saturated rings. The van der Waals surface area contributed by atoms with E-state index in [4.69, 9.17) is 28.8 Å². The molecule has 2 aromatic carbocycles. The van der Waals surface area contributed by atoms with Crippen molar-refractivity contribution in [1.29, 1.82) is 0 Å². The number of aromatic nitrogens is 1. The molecule has 1 heterocycles. The van der Waals surface area contributed by atoms with E-state index in [-0.39, 0.29) is 28.4 Å². The zero-order valence-corrected chi connectivity index (χ0v) is 29.5. The van der Waals surface area contributed by atoms with Crippen molar-refractivity contribution in [3.63, 3.8) is 0 Å². The fourth-order valence-corrected chi connectivity index (χ4v) is 4.12. The van der Waals surface area contributed by atoms with Crippen LogP contribution in [0.2, 0.25) is 0 Å². The molecular weight excluding hydrogens is 686 g/mol. The average molecular weight is 728 g/mol. The normalized spacial score (nSPS) is 12.3. The van der Waals surface area contributed by atoms with Crippen LogP contribution in [0.15, 0.2) is 42.6 Å². The topological polar surface area (TPSA) is 174 Å². The Balaban J connectivity index is 0.00000116. The van der Waals surface area contributed by atoms with Crippen LogP contribution in [0.5, 0.6) is 11.5 Å². The third-order valence-electron chi connectivity index (χ3n) is 5.98. The molecule has 0 bridgehead atoms. The number of rotatable bonds is 9. The first-order valence-electron chi connectivity index (χ1n) is 15.4. The fourth-order valence-electron chi connectivity index (χ4n) is 4.12. The second kappa shape index (κ2) is 16.6. The molecule has 0 aliphatic carbocycles. The number of carbonyl (C=O) groups excluding carboxylic acids is 2. The van der Waals surface area contributed by atoms with E-state index in [1.54, 1.807) is 60.6 Å². The van der Waals surface area contributed by atoms with Crippen molar-refractivity contribution in [2.24, 2.45) is 0 Å². The highest BCUT2D eigenvalue weighted by Crippen LogP contribution is 2.36. The van der Waals surface area contributed by atoms with Crippen LogP contribution in [-0.4, -0.2) is 69.4 Å². The fraction of sp³-hybridized carbons (Fsp3) is 0.441. The maximum atomic E-state index is 16.0. The molecule has 3 rings (SSSR count). The van der Waals surface area contributed by atoms with Crippen molar-refractivity contribution < 1.29 is 65.9 Å². The number of carbonyl (C=O) groups is 4. The molecule has 1 aromatic heterocycles. The van der Waals surface area contributed by atoms with Gasteiger partial charge in [-0.1, -0.05) is 6.07 Å². The van der Waals surface area contributed by atoms with E-state index in [1.165, 1.54) is 30.5 Å². The number of halogens is 4. The number of alkyl halides is 3. The molecule has 1 atom stereocenters. The van der Waals surface area contributed by atoms with E-state index >= 15 is 4.39 Å². The van der Waals surface area contributed by atoms with Gasteiger partial charge in [0.05, 0.1) is 18.4 Å². The van der Waals surface area contributed by atoms with Crippen LogP contribution in [0, 0.1) is 5.82 Å². The molecule has 17 heteroatoms. The van der Waals surface area contributed by atoms with Crippen LogP contribution >= 0.6 is 0 Å². The summed E-state index contributed by atoms with van der Waals surface area (Å²) in [6, 6.07) is 7.42. The smallest absolute Gasteiger partial charge is 0.490 e. The first-order valence-corrected chi connectivity index (χ1v) is 15.4. The molecule has 0 aliphatic heterocycles. The summed E-state index contributed by atoms with van der Waals surface area (Å²) in [6.45, 7) is 15.6. The maximum absolute atomic E-state index is 16.0. The Morgan fingerprint density at radius 2 is 1.41 bits per heavy atom. The molecule has 3 N–H and O–H groups in total. The number of carboxylic acid groups (broad SMARTS) is 2. The second-order valence-electron chi connectivity index (χ2n) is 13.0. The lowest BCUT2D eigenvalue weighted by molar-refractivity contribution is -0.192. The van der Waals surface area contributed by atoms with Crippen LogP contribution in [0.25, 0.3) is 10.8 Å². The van der Waals surface area contributed by atoms with E-state index in [2.05, 4.69) is 10.3 Å². The summed E-state index contributed by atoms with van der Waals surface area (Å²) < 4.78 is 70.1. The summed E-state index contributed by atoms with van der Waals surface area (Å²) in [5.41, 5.74) is -1.76. The number of amides is 2. The minimum atomic E-state index is -5.08. The van der Waals surface area contributed by atoms with Gasteiger partial charge >= 0.3 is 30.3 Å². The van der Waals surface area contributed by atoms with E-state index in [9.17, 15) is 32.7 Å². The Bertz CT molecular complexity index is 1710. The number of ether oxygens (including phenoxy) is 4. The minimum absolute atomic E-state index is 0.0306. The van der Waals surface area contributed by atoms with E-state index in [1.807, 2.05) is 13.8 Å². The number of nitrogens with zero attached hydrogens (tertiary/aromatic N) is 2. The third-order valence-corrected chi connectivity index (χ3v) is 5.98. The number of aliphatic carboxylic acids is 2. The van der Waals surface area contributed by atoms with Crippen molar-refractivity contribution in [3.05, 3.63) is 54.0 Å². The standard InChI is InChI=1S/C32H40FN3O8.C2HF3O2/c1-10-41-24-17-19(11-14-23(24)42-18(2)3)26(28(37)38)35-22-13-12-21-20(25(22)33)15-16-34-27(21)36(29(39)43-31(4,5)6)30(40)44-32(7,8)9;3-2(4,5)1(6)7/h11-18,26,35H,10H2,1-9H3,(H,37,38);(H,6,7). The zero-order valence-electron chi connectivity index (χ0n) is 29.5. The molecule has 13 nitrogen and oxygen atoms in total. The van der Waals surface area contributed by atoms with Crippen LogP contribution in [-0.2, 0) is 19.1 Å². The lowest BCUT2D eigenvalue weighted by Crippen LogP contribution is -2.44. The van der Waals surface area contributed by atoms with Gasteiger partial charge in [0.15, 0.2) is 29.2 Å². The Hall–Kier alpha value is -5.35. The molecule has 0 radical (unpaired) electrons. The molecular formula is C34H41F4N3O10. The van der Waals surface area contributed by atoms with Gasteiger partial charge in [0, 0.05) is 17.0 Å². The molecule has 1 unspecified atom stereocenters. The predicted molar refractivity (Wildman–Crippen MR) is 178 cm³/mol. The lowest BCUT2D eigenvalue weighted by Gasteiger charge is -2.28. The molecule has 0 aliphatic rings. The number of fused-ring (bicyclic) bond motifs is 1. The van der Waals surface area contributed by atoms with Gasteiger partial charge in [-0.25, -0.2) is 28.6 Å². The van der Waals surface area contributed by atoms with E-state index in [0.29, 0.717) is 28.6 Å². The summed E-state index contributed by atoms with van der Waals surface area (Å²) in [7, 11) is 0. The average Bonchev–Trinajstić information content (AvgIpc) is 2.96. The van der Waals surface area contributed by atoms with Gasteiger partial charge in [-0.2, -0.15) is 18.1 Å². The summed E-state index contributed by atoms with van der Waals surface area (Å²) in [5, 5.41) is 20.0. The van der Waals surface area contributed by atoms with Crippen molar-refractivity contribution in [1.82, 2.24) is 4.98 Å². The zero-order chi connectivity index (χ0) is 39.1. The molecule has 0 saturated heterocycles. The Kier molecular flexibility index (Phi) is 13.6. The highest BCUT2D eigenvalue weighted by molar-refractivity contribution is 6.14. The molecule has 3 aromatic rings. The SMILES string of the molecule is CCOc1cc(C(Nc2ccc3c(N(C(=O)OC(C)(C)C)C(=O)OC(C)(C)C)nccc3c2F)C(=O)O)ccc1OC(C)C.O=C(O)C(F)(F)F. The number of anilines is 2. The molecule has 0 saturated carbocycles. The van der Waals surface area contributed by atoms with Gasteiger partial charge < -0.3 is 34.5 Å². The third kappa shape index (κ3) is 12.2. The monoisotopic (exact) mass is 727 g/mol. The molecule has 280 valence electrons. The Labute approximate surface area is 291 Å². The van der Waals surface area contributed by atoms with Gasteiger partial charge in [-0.3, -0.25) is 0 Å². The van der Waals surface area contributed by atoms with Crippen molar-refractivity contribution in [2.75, 3.05) is 16.8 Å². The summed E-state index contributed by atoms with van der Waals surface area (Å²) in [5.74, 6) is -4.26. The van der Waals surface area contributed by atoms with Crippen LogP contribution in [0.3, 0.4) is 0 Å². The number of benzene rings is 2. The molecule has 51 heavy (non-hydrogen) atoms. The van der Waals surface area contributed by atoms with Crippen LogP contribution in [0.4, 0.5) is 38.7 Å². The largest absolute Gasteiger partial charge is 0.490 e. The number of pyridine rings is 1. The maximum Gasteiger partial charge on any atom is 0.490 e. The highest BCUT2D eigenvalue weighted by atomic mass is 19.4. The number of imide groups is 1. The van der Waals surface area contributed by atoms with E-state index < -0.39 is 53.4 Å². The lowest BCUT2D eigenvalue weighted by atomic mass is 10.0. The van der Waals surface area contributed by atoms with Crippen molar-refractivity contribution in [3.8, 4) is 11.5 Å². The Morgan fingerprint density at radius 1 is 0.863 bits per heavy atom. The first kappa shape index (κ1) is 41.8. The van der Waals surface area contributed by atoms with Gasteiger partial charge in [-0.05, 0) is 98.2 Å². The summed E-state index contributed by atoms with van der Waals surface area (Å²) >= 11 is 0. The van der Waals surface area contributed by atoms with E-state index in [0.717, 1.165) is 0 Å². The Morgan fingerprint density at radius 3 is 1.86 bits per heavy atom. The quantitative estimate of drug-likeness (QED) is 0.181. The molecule has 2 amide bonds. The number of carboxylic acids is 2.